The number of hydrogen-bond acceptors (Lipinski definition) is 4. The van der Waals surface area contributed by atoms with Crippen LogP contribution in [-0.4, -0.2) is 22.2 Å². The van der Waals surface area contributed by atoms with E-state index < -0.39 is 0 Å². The zero-order valence-electron chi connectivity index (χ0n) is 12.6. The van der Waals surface area contributed by atoms with Gasteiger partial charge in [-0.05, 0) is 37.6 Å². The predicted molar refractivity (Wildman–Crippen MR) is 85.5 cm³/mol. The molecule has 0 fully saturated rings. The standard InChI is InChI=1S/C17H16N2O3/c1-9-8-13(20)14(10(2)15(9)22-3)16-18-12-7-5-4-6-11(12)17(21)19-16/h4-8,20H,1-3H3,(H,18,19,21). The van der Waals surface area contributed by atoms with Crippen molar-refractivity contribution in [2.45, 2.75) is 13.8 Å². The molecule has 0 aliphatic carbocycles. The van der Waals surface area contributed by atoms with Gasteiger partial charge in [0.15, 0.2) is 0 Å². The Kier molecular flexibility index (Phi) is 3.33. The quantitative estimate of drug-likeness (QED) is 0.762. The van der Waals surface area contributed by atoms with Crippen LogP contribution >= 0.6 is 0 Å². The van der Waals surface area contributed by atoms with Crippen LogP contribution in [-0.2, 0) is 0 Å². The van der Waals surface area contributed by atoms with Crippen LogP contribution in [0.15, 0.2) is 35.1 Å². The average molecular weight is 296 g/mol. The van der Waals surface area contributed by atoms with Gasteiger partial charge in [0, 0.05) is 5.56 Å². The van der Waals surface area contributed by atoms with Gasteiger partial charge in [-0.2, -0.15) is 0 Å². The van der Waals surface area contributed by atoms with Crippen LogP contribution in [0.3, 0.4) is 0 Å². The number of para-hydroxylation sites is 1. The van der Waals surface area contributed by atoms with Crippen molar-refractivity contribution in [2.24, 2.45) is 0 Å². The van der Waals surface area contributed by atoms with E-state index in [2.05, 4.69) is 9.97 Å². The first kappa shape index (κ1) is 14.1. The van der Waals surface area contributed by atoms with Gasteiger partial charge in [0.1, 0.15) is 17.3 Å². The summed E-state index contributed by atoms with van der Waals surface area (Å²) in [5.74, 6) is 1.06. The molecule has 0 amide bonds. The summed E-state index contributed by atoms with van der Waals surface area (Å²) in [6.45, 7) is 3.68. The van der Waals surface area contributed by atoms with Gasteiger partial charge < -0.3 is 14.8 Å². The third-order valence-electron chi connectivity index (χ3n) is 3.74. The molecule has 3 aromatic rings. The lowest BCUT2D eigenvalue weighted by Gasteiger charge is -2.14. The molecule has 1 aromatic heterocycles. The SMILES string of the molecule is COc1c(C)cc(O)c(-c2nc3ccccc3c(=O)[nH]2)c1C. The molecule has 1 heterocycles. The van der Waals surface area contributed by atoms with Gasteiger partial charge >= 0.3 is 0 Å². The van der Waals surface area contributed by atoms with E-state index in [-0.39, 0.29) is 11.3 Å². The van der Waals surface area contributed by atoms with Crippen LogP contribution in [0.5, 0.6) is 11.5 Å². The van der Waals surface area contributed by atoms with E-state index in [4.69, 9.17) is 4.74 Å². The Labute approximate surface area is 127 Å². The molecular weight excluding hydrogens is 280 g/mol. The molecule has 5 nitrogen and oxygen atoms in total. The molecule has 0 spiro atoms. The van der Waals surface area contributed by atoms with E-state index in [1.54, 1.807) is 31.4 Å². The van der Waals surface area contributed by atoms with Crippen molar-refractivity contribution in [2.75, 3.05) is 7.11 Å². The average Bonchev–Trinajstić information content (AvgIpc) is 2.47. The monoisotopic (exact) mass is 296 g/mol. The van der Waals surface area contributed by atoms with E-state index in [1.165, 1.54) is 0 Å². The largest absolute Gasteiger partial charge is 0.507 e. The lowest BCUT2D eigenvalue weighted by atomic mass is 10.0. The number of fused-ring (bicyclic) bond motifs is 1. The Hall–Kier alpha value is -2.82. The number of methoxy groups -OCH3 is 1. The third-order valence-corrected chi connectivity index (χ3v) is 3.74. The molecule has 3 rings (SSSR count). The maximum absolute atomic E-state index is 12.2. The normalized spacial score (nSPS) is 10.9. The van der Waals surface area contributed by atoms with E-state index in [1.807, 2.05) is 19.9 Å². The number of ether oxygens (including phenoxy) is 1. The second-order valence-corrected chi connectivity index (χ2v) is 5.18. The van der Waals surface area contributed by atoms with E-state index in [9.17, 15) is 9.90 Å². The number of benzene rings is 2. The van der Waals surface area contributed by atoms with Gasteiger partial charge in [0.25, 0.3) is 5.56 Å². The molecule has 22 heavy (non-hydrogen) atoms. The number of hydrogen-bond donors (Lipinski definition) is 2. The zero-order chi connectivity index (χ0) is 15.9. The summed E-state index contributed by atoms with van der Waals surface area (Å²) in [6, 6.07) is 8.70. The second kappa shape index (κ2) is 5.18. The fourth-order valence-corrected chi connectivity index (χ4v) is 2.76. The molecule has 0 unspecified atom stereocenters. The number of phenolic OH excluding ortho intramolecular Hbond substituents is 1. The number of aromatic hydroxyl groups is 1. The van der Waals surface area contributed by atoms with Crippen molar-refractivity contribution in [1.82, 2.24) is 9.97 Å². The van der Waals surface area contributed by atoms with Gasteiger partial charge in [-0.25, -0.2) is 4.98 Å². The summed E-state index contributed by atoms with van der Waals surface area (Å²) >= 11 is 0. The third kappa shape index (κ3) is 2.11. The summed E-state index contributed by atoms with van der Waals surface area (Å²) in [5, 5.41) is 10.8. The molecule has 0 atom stereocenters. The summed E-state index contributed by atoms with van der Waals surface area (Å²) in [5.41, 5.74) is 2.38. The zero-order valence-corrected chi connectivity index (χ0v) is 12.6. The Morgan fingerprint density at radius 3 is 2.68 bits per heavy atom. The van der Waals surface area contributed by atoms with Crippen molar-refractivity contribution >= 4 is 10.9 Å². The topological polar surface area (TPSA) is 75.2 Å². The molecule has 0 saturated heterocycles. The number of aromatic nitrogens is 2. The van der Waals surface area contributed by atoms with Crippen LogP contribution in [0.2, 0.25) is 0 Å². The second-order valence-electron chi connectivity index (χ2n) is 5.18. The molecule has 112 valence electrons. The molecule has 0 aliphatic heterocycles. The van der Waals surface area contributed by atoms with Crippen molar-refractivity contribution in [1.29, 1.82) is 0 Å². The molecule has 5 heteroatoms. The Morgan fingerprint density at radius 2 is 1.95 bits per heavy atom. The van der Waals surface area contributed by atoms with Gasteiger partial charge in [0.05, 0.1) is 23.6 Å². The number of nitrogens with one attached hydrogen (secondary N) is 1. The highest BCUT2D eigenvalue weighted by Crippen LogP contribution is 2.38. The maximum atomic E-state index is 12.2. The fourth-order valence-electron chi connectivity index (χ4n) is 2.76. The lowest BCUT2D eigenvalue weighted by molar-refractivity contribution is 0.406. The highest BCUT2D eigenvalue weighted by Gasteiger charge is 2.17. The van der Waals surface area contributed by atoms with Gasteiger partial charge in [-0.1, -0.05) is 12.1 Å². The van der Waals surface area contributed by atoms with Crippen molar-refractivity contribution in [3.63, 3.8) is 0 Å². The molecule has 2 aromatic carbocycles. The Morgan fingerprint density at radius 1 is 1.23 bits per heavy atom. The highest BCUT2D eigenvalue weighted by atomic mass is 16.5. The summed E-state index contributed by atoms with van der Waals surface area (Å²) in [7, 11) is 1.58. The van der Waals surface area contributed by atoms with Gasteiger partial charge in [-0.15, -0.1) is 0 Å². The van der Waals surface area contributed by atoms with E-state index in [0.29, 0.717) is 28.0 Å². The summed E-state index contributed by atoms with van der Waals surface area (Å²) in [4.78, 5) is 19.4. The van der Waals surface area contributed by atoms with Gasteiger partial charge in [0.2, 0.25) is 0 Å². The fraction of sp³-hybridized carbons (Fsp3) is 0.176. The number of rotatable bonds is 2. The Balaban J connectivity index is 2.35. The van der Waals surface area contributed by atoms with Crippen LogP contribution in [0, 0.1) is 13.8 Å². The Bertz CT molecular complexity index is 929. The molecule has 0 aliphatic rings. The van der Waals surface area contributed by atoms with Gasteiger partial charge in [-0.3, -0.25) is 4.79 Å². The number of aryl methyl sites for hydroxylation is 1. The van der Waals surface area contributed by atoms with Crippen molar-refractivity contribution < 1.29 is 9.84 Å². The smallest absolute Gasteiger partial charge is 0.259 e. The number of H-pyrrole nitrogens is 1. The van der Waals surface area contributed by atoms with Crippen LogP contribution in [0.25, 0.3) is 22.3 Å². The summed E-state index contributed by atoms with van der Waals surface area (Å²) < 4.78 is 5.38. The molecule has 0 radical (unpaired) electrons. The summed E-state index contributed by atoms with van der Waals surface area (Å²) in [6.07, 6.45) is 0. The van der Waals surface area contributed by atoms with Crippen LogP contribution < -0.4 is 10.3 Å². The first-order valence-electron chi connectivity index (χ1n) is 6.89. The molecule has 0 saturated carbocycles. The van der Waals surface area contributed by atoms with Crippen molar-refractivity contribution in [3.05, 3.63) is 51.8 Å². The van der Waals surface area contributed by atoms with Crippen molar-refractivity contribution in [3.8, 4) is 22.9 Å². The minimum Gasteiger partial charge on any atom is -0.507 e. The number of nitrogens with zero attached hydrogens (tertiary/aromatic N) is 1. The minimum absolute atomic E-state index is 0.0641. The molecule has 2 N–H and O–H groups in total. The molecular formula is C17H16N2O3. The van der Waals surface area contributed by atoms with E-state index in [0.717, 1.165) is 11.1 Å². The van der Waals surface area contributed by atoms with E-state index >= 15 is 0 Å². The number of aromatic amines is 1. The first-order chi connectivity index (χ1) is 10.5. The maximum Gasteiger partial charge on any atom is 0.259 e. The highest BCUT2D eigenvalue weighted by molar-refractivity contribution is 5.81. The first-order valence-corrected chi connectivity index (χ1v) is 6.89. The number of phenols is 1. The molecule has 0 bridgehead atoms. The predicted octanol–water partition coefficient (Wildman–Crippen LogP) is 2.92. The van der Waals surface area contributed by atoms with Crippen LogP contribution in [0.1, 0.15) is 11.1 Å². The lowest BCUT2D eigenvalue weighted by Crippen LogP contribution is -2.10. The van der Waals surface area contributed by atoms with Crippen LogP contribution in [0.4, 0.5) is 0 Å². The minimum atomic E-state index is -0.237.